The number of hydrogen-bond acceptors (Lipinski definition) is 5. The third kappa shape index (κ3) is 3.35. The first-order valence-corrected chi connectivity index (χ1v) is 8.05. The van der Waals surface area contributed by atoms with Crippen LogP contribution in [0.3, 0.4) is 0 Å². The smallest absolute Gasteiger partial charge is 0.227 e. The van der Waals surface area contributed by atoms with Crippen LogP contribution in [0.25, 0.3) is 17.1 Å². The molecule has 2 heterocycles. The van der Waals surface area contributed by atoms with Gasteiger partial charge in [-0.2, -0.15) is 0 Å². The molecule has 1 amide bonds. The summed E-state index contributed by atoms with van der Waals surface area (Å²) < 4.78 is 1.81. The van der Waals surface area contributed by atoms with Crippen LogP contribution in [-0.2, 0) is 4.79 Å². The maximum absolute atomic E-state index is 11.1. The molecular formula is C15H12ClN5OS. The second kappa shape index (κ2) is 6.80. The molecule has 2 N–H and O–H groups in total. The molecule has 116 valence electrons. The molecule has 0 unspecified atom stereocenters. The summed E-state index contributed by atoms with van der Waals surface area (Å²) in [5.41, 5.74) is 6.81. The normalized spacial score (nSPS) is 10.7. The van der Waals surface area contributed by atoms with Crippen molar-refractivity contribution in [3.63, 3.8) is 0 Å². The largest absolute Gasteiger partial charge is 0.369 e. The zero-order valence-electron chi connectivity index (χ0n) is 11.9. The lowest BCUT2D eigenvalue weighted by molar-refractivity contribution is -0.115. The molecule has 0 atom stereocenters. The van der Waals surface area contributed by atoms with Gasteiger partial charge >= 0.3 is 0 Å². The third-order valence-corrected chi connectivity index (χ3v) is 4.28. The van der Waals surface area contributed by atoms with Crippen molar-refractivity contribution in [1.82, 2.24) is 19.7 Å². The van der Waals surface area contributed by atoms with E-state index in [1.54, 1.807) is 18.5 Å². The van der Waals surface area contributed by atoms with Gasteiger partial charge in [-0.15, -0.1) is 10.2 Å². The first-order chi connectivity index (χ1) is 11.2. The molecule has 0 aliphatic rings. The van der Waals surface area contributed by atoms with Crippen molar-refractivity contribution in [3.8, 4) is 17.1 Å². The number of thioether (sulfide) groups is 1. The molecule has 0 spiro atoms. The molecule has 8 heteroatoms. The van der Waals surface area contributed by atoms with E-state index in [9.17, 15) is 4.79 Å². The quantitative estimate of drug-likeness (QED) is 0.718. The molecule has 0 aliphatic heterocycles. The van der Waals surface area contributed by atoms with Gasteiger partial charge in [0.1, 0.15) is 0 Å². The fourth-order valence-electron chi connectivity index (χ4n) is 2.04. The number of halogens is 1. The second-order valence-electron chi connectivity index (χ2n) is 4.58. The average molecular weight is 346 g/mol. The Balaban J connectivity index is 2.14. The van der Waals surface area contributed by atoms with Crippen molar-refractivity contribution < 1.29 is 4.79 Å². The van der Waals surface area contributed by atoms with Crippen LogP contribution >= 0.6 is 23.4 Å². The highest BCUT2D eigenvalue weighted by molar-refractivity contribution is 7.99. The van der Waals surface area contributed by atoms with Gasteiger partial charge in [0.05, 0.1) is 16.5 Å². The predicted molar refractivity (Wildman–Crippen MR) is 89.5 cm³/mol. The predicted octanol–water partition coefficient (Wildman–Crippen LogP) is 2.56. The Morgan fingerprint density at radius 1 is 1.17 bits per heavy atom. The standard InChI is InChI=1S/C15H12ClN5OS/c16-11-3-1-2-4-12(11)21-14(10-5-7-18-8-6-10)19-20-15(21)23-9-13(17)22/h1-8H,9H2,(H2,17,22). The van der Waals surface area contributed by atoms with E-state index in [-0.39, 0.29) is 5.75 Å². The summed E-state index contributed by atoms with van der Waals surface area (Å²) in [4.78, 5) is 15.1. The van der Waals surface area contributed by atoms with E-state index in [4.69, 9.17) is 17.3 Å². The minimum Gasteiger partial charge on any atom is -0.369 e. The number of benzene rings is 1. The number of carbonyl (C=O) groups is 1. The number of para-hydroxylation sites is 1. The Kier molecular flexibility index (Phi) is 4.59. The summed E-state index contributed by atoms with van der Waals surface area (Å²) in [6.07, 6.45) is 3.36. The van der Waals surface area contributed by atoms with Gasteiger partial charge in [-0.1, -0.05) is 35.5 Å². The van der Waals surface area contributed by atoms with Crippen LogP contribution in [0, 0.1) is 0 Å². The van der Waals surface area contributed by atoms with Crippen molar-refractivity contribution in [2.45, 2.75) is 5.16 Å². The maximum Gasteiger partial charge on any atom is 0.227 e. The highest BCUT2D eigenvalue weighted by Gasteiger charge is 2.18. The highest BCUT2D eigenvalue weighted by atomic mass is 35.5. The van der Waals surface area contributed by atoms with E-state index in [1.165, 1.54) is 11.8 Å². The first kappa shape index (κ1) is 15.5. The Morgan fingerprint density at radius 2 is 1.91 bits per heavy atom. The Hall–Kier alpha value is -2.38. The fraction of sp³-hybridized carbons (Fsp3) is 0.0667. The summed E-state index contributed by atoms with van der Waals surface area (Å²) >= 11 is 7.53. The molecule has 23 heavy (non-hydrogen) atoms. The third-order valence-electron chi connectivity index (χ3n) is 3.01. The number of pyridine rings is 1. The molecule has 6 nitrogen and oxygen atoms in total. The van der Waals surface area contributed by atoms with Crippen molar-refractivity contribution in [2.75, 3.05) is 5.75 Å². The molecular weight excluding hydrogens is 334 g/mol. The van der Waals surface area contributed by atoms with Gasteiger partial charge in [-0.3, -0.25) is 14.3 Å². The fourth-order valence-corrected chi connectivity index (χ4v) is 2.94. The number of rotatable bonds is 5. The van der Waals surface area contributed by atoms with Gasteiger partial charge in [-0.25, -0.2) is 0 Å². The van der Waals surface area contributed by atoms with E-state index < -0.39 is 5.91 Å². The number of aromatic nitrogens is 4. The van der Waals surface area contributed by atoms with Gasteiger partial charge in [0, 0.05) is 18.0 Å². The SMILES string of the molecule is NC(=O)CSc1nnc(-c2ccncc2)n1-c1ccccc1Cl. The minimum absolute atomic E-state index is 0.110. The lowest BCUT2D eigenvalue weighted by Crippen LogP contribution is -2.13. The van der Waals surface area contributed by atoms with E-state index >= 15 is 0 Å². The molecule has 0 fully saturated rings. The molecule has 1 aromatic carbocycles. The van der Waals surface area contributed by atoms with E-state index in [0.29, 0.717) is 16.0 Å². The molecule has 3 aromatic rings. The molecule has 0 aliphatic carbocycles. The van der Waals surface area contributed by atoms with Gasteiger partial charge in [0.2, 0.25) is 5.91 Å². The van der Waals surface area contributed by atoms with Crippen molar-refractivity contribution in [2.24, 2.45) is 5.73 Å². The number of nitrogens with two attached hydrogens (primary N) is 1. The summed E-state index contributed by atoms with van der Waals surface area (Å²) in [7, 11) is 0. The lowest BCUT2D eigenvalue weighted by atomic mass is 10.2. The van der Waals surface area contributed by atoms with Crippen LogP contribution in [0.1, 0.15) is 0 Å². The molecule has 0 saturated heterocycles. The van der Waals surface area contributed by atoms with Gasteiger partial charge in [0.25, 0.3) is 0 Å². The number of hydrogen-bond donors (Lipinski definition) is 1. The maximum atomic E-state index is 11.1. The zero-order valence-corrected chi connectivity index (χ0v) is 13.5. The summed E-state index contributed by atoms with van der Waals surface area (Å²) in [6, 6.07) is 11.0. The summed E-state index contributed by atoms with van der Waals surface area (Å²) in [6.45, 7) is 0. The topological polar surface area (TPSA) is 86.7 Å². The van der Waals surface area contributed by atoms with Gasteiger partial charge in [-0.05, 0) is 24.3 Å². The van der Waals surface area contributed by atoms with Crippen LogP contribution in [0.15, 0.2) is 53.9 Å². The Labute approximate surface area is 141 Å². The average Bonchev–Trinajstić information content (AvgIpc) is 2.98. The van der Waals surface area contributed by atoms with Crippen LogP contribution in [0.4, 0.5) is 0 Å². The summed E-state index contributed by atoms with van der Waals surface area (Å²) in [5, 5.41) is 9.51. The van der Waals surface area contributed by atoms with Crippen LogP contribution < -0.4 is 5.73 Å². The summed E-state index contributed by atoms with van der Waals surface area (Å²) in [5.74, 6) is 0.306. The molecule has 0 radical (unpaired) electrons. The lowest BCUT2D eigenvalue weighted by Gasteiger charge is -2.11. The van der Waals surface area contributed by atoms with Gasteiger partial charge in [0.15, 0.2) is 11.0 Å². The molecule has 0 saturated carbocycles. The number of amides is 1. The minimum atomic E-state index is -0.422. The molecule has 0 bridgehead atoms. The van der Waals surface area contributed by atoms with E-state index in [1.807, 2.05) is 34.9 Å². The Bertz CT molecular complexity index is 837. The second-order valence-corrected chi connectivity index (χ2v) is 5.93. The first-order valence-electron chi connectivity index (χ1n) is 6.68. The van der Waals surface area contributed by atoms with Gasteiger partial charge < -0.3 is 5.73 Å². The molecule has 3 rings (SSSR count). The number of nitrogens with zero attached hydrogens (tertiary/aromatic N) is 4. The molecule has 2 aromatic heterocycles. The highest BCUT2D eigenvalue weighted by Crippen LogP contribution is 2.30. The van der Waals surface area contributed by atoms with Crippen LogP contribution in [-0.4, -0.2) is 31.4 Å². The Morgan fingerprint density at radius 3 is 2.61 bits per heavy atom. The van der Waals surface area contributed by atoms with Crippen molar-refractivity contribution in [1.29, 1.82) is 0 Å². The van der Waals surface area contributed by atoms with Crippen molar-refractivity contribution in [3.05, 3.63) is 53.8 Å². The van der Waals surface area contributed by atoms with Crippen LogP contribution in [0.2, 0.25) is 5.02 Å². The number of primary amides is 1. The van der Waals surface area contributed by atoms with E-state index in [2.05, 4.69) is 15.2 Å². The van der Waals surface area contributed by atoms with Crippen molar-refractivity contribution >= 4 is 29.3 Å². The van der Waals surface area contributed by atoms with E-state index in [0.717, 1.165) is 11.3 Å². The monoisotopic (exact) mass is 345 g/mol. The van der Waals surface area contributed by atoms with Crippen LogP contribution in [0.5, 0.6) is 0 Å². The number of carbonyl (C=O) groups excluding carboxylic acids is 1. The zero-order chi connectivity index (χ0) is 16.2.